The van der Waals surface area contributed by atoms with Crippen molar-refractivity contribution < 1.29 is 8.42 Å². The lowest BCUT2D eigenvalue weighted by Crippen LogP contribution is -2.31. The average molecular weight is 282 g/mol. The summed E-state index contributed by atoms with van der Waals surface area (Å²) in [4.78, 5) is 0.399. The summed E-state index contributed by atoms with van der Waals surface area (Å²) in [5.41, 5.74) is 2.18. The summed E-state index contributed by atoms with van der Waals surface area (Å²) in [7, 11) is -3.35. The Balaban J connectivity index is 2.35. The van der Waals surface area contributed by atoms with Gasteiger partial charge in [0.2, 0.25) is 10.0 Å². The van der Waals surface area contributed by atoms with Gasteiger partial charge in [0, 0.05) is 25.3 Å². The highest BCUT2D eigenvalue weighted by Gasteiger charge is 2.23. The van der Waals surface area contributed by atoms with Crippen LogP contribution >= 0.6 is 0 Å². The Morgan fingerprint density at radius 1 is 1.32 bits per heavy atom. The number of hydrogen-bond donors (Lipinski definition) is 1. The van der Waals surface area contributed by atoms with Crippen molar-refractivity contribution in [3.8, 4) is 0 Å². The lowest BCUT2D eigenvalue weighted by molar-refractivity contribution is 0.427. The molecule has 1 N–H and O–H groups in total. The van der Waals surface area contributed by atoms with Crippen LogP contribution in [-0.4, -0.2) is 32.4 Å². The summed E-state index contributed by atoms with van der Waals surface area (Å²) in [5.74, 6) is 0. The van der Waals surface area contributed by atoms with E-state index in [1.54, 1.807) is 12.1 Å². The first-order valence-electron chi connectivity index (χ1n) is 6.96. The lowest BCUT2D eigenvalue weighted by Gasteiger charge is -2.22. The molecule has 0 fully saturated rings. The average Bonchev–Trinajstić information content (AvgIpc) is 2.44. The molecule has 106 valence electrons. The number of aryl methyl sites for hydroxylation is 1. The van der Waals surface area contributed by atoms with Crippen LogP contribution in [0.25, 0.3) is 0 Å². The molecule has 0 radical (unpaired) electrons. The number of benzene rings is 1. The molecule has 0 amide bonds. The van der Waals surface area contributed by atoms with E-state index in [0.717, 1.165) is 31.5 Å². The molecule has 1 aromatic carbocycles. The summed E-state index contributed by atoms with van der Waals surface area (Å²) < 4.78 is 26.6. The third kappa shape index (κ3) is 2.92. The Morgan fingerprint density at radius 3 is 2.79 bits per heavy atom. The van der Waals surface area contributed by atoms with E-state index < -0.39 is 10.0 Å². The largest absolute Gasteiger partial charge is 0.385 e. The van der Waals surface area contributed by atoms with Crippen molar-refractivity contribution in [2.45, 2.75) is 38.0 Å². The highest BCUT2D eigenvalue weighted by Crippen LogP contribution is 2.26. The molecule has 0 unspecified atom stereocenters. The zero-order valence-electron chi connectivity index (χ0n) is 11.6. The van der Waals surface area contributed by atoms with Gasteiger partial charge in [0.15, 0.2) is 0 Å². The van der Waals surface area contributed by atoms with Crippen LogP contribution in [0.15, 0.2) is 23.1 Å². The standard InChI is InChI=1S/C14H22N2O2S/c1-3-10-16(4-2)19(17,18)13-8-7-12-6-5-9-15-14(12)11-13/h7-8,11,15H,3-6,9-10H2,1-2H3. The molecule has 0 saturated carbocycles. The number of hydrogen-bond acceptors (Lipinski definition) is 3. The van der Waals surface area contributed by atoms with Crippen molar-refractivity contribution in [2.24, 2.45) is 0 Å². The molecule has 0 spiro atoms. The van der Waals surface area contributed by atoms with E-state index in [2.05, 4.69) is 5.32 Å². The van der Waals surface area contributed by atoms with Gasteiger partial charge in [0.1, 0.15) is 0 Å². The Morgan fingerprint density at radius 2 is 2.11 bits per heavy atom. The smallest absolute Gasteiger partial charge is 0.243 e. The second-order valence-corrected chi connectivity index (χ2v) is 6.78. The van der Waals surface area contributed by atoms with Gasteiger partial charge in [0.05, 0.1) is 4.90 Å². The molecule has 1 aliphatic heterocycles. The number of rotatable bonds is 5. The van der Waals surface area contributed by atoms with Crippen LogP contribution < -0.4 is 5.32 Å². The normalized spacial score (nSPS) is 15.1. The van der Waals surface area contributed by atoms with E-state index in [0.29, 0.717) is 18.0 Å². The lowest BCUT2D eigenvalue weighted by atomic mass is 10.0. The third-order valence-corrected chi connectivity index (χ3v) is 5.45. The summed E-state index contributed by atoms with van der Waals surface area (Å²) in [6.07, 6.45) is 2.96. The molecule has 4 nitrogen and oxygen atoms in total. The minimum atomic E-state index is -3.35. The number of nitrogens with zero attached hydrogens (tertiary/aromatic N) is 1. The van der Waals surface area contributed by atoms with Crippen molar-refractivity contribution >= 4 is 15.7 Å². The minimum absolute atomic E-state index is 0.399. The molecule has 0 aliphatic carbocycles. The molecule has 0 bridgehead atoms. The molecular weight excluding hydrogens is 260 g/mol. The first-order chi connectivity index (χ1) is 9.09. The molecule has 2 rings (SSSR count). The molecule has 1 aliphatic rings. The summed E-state index contributed by atoms with van der Waals surface area (Å²) in [6.45, 7) is 5.88. The van der Waals surface area contributed by atoms with E-state index in [4.69, 9.17) is 0 Å². The quantitative estimate of drug-likeness (QED) is 0.902. The first kappa shape index (κ1) is 14.3. The van der Waals surface area contributed by atoms with Gasteiger partial charge in [0.25, 0.3) is 0 Å². The van der Waals surface area contributed by atoms with Gasteiger partial charge in [-0.25, -0.2) is 8.42 Å². The van der Waals surface area contributed by atoms with Crippen molar-refractivity contribution in [1.29, 1.82) is 0 Å². The van der Waals surface area contributed by atoms with Gasteiger partial charge in [-0.1, -0.05) is 19.9 Å². The Hall–Kier alpha value is -1.07. The van der Waals surface area contributed by atoms with Crippen LogP contribution in [-0.2, 0) is 16.4 Å². The summed E-state index contributed by atoms with van der Waals surface area (Å²) in [6, 6.07) is 5.45. The fourth-order valence-electron chi connectivity index (χ4n) is 2.45. The van der Waals surface area contributed by atoms with E-state index in [-0.39, 0.29) is 0 Å². The molecule has 0 saturated heterocycles. The maximum Gasteiger partial charge on any atom is 0.243 e. The maximum absolute atomic E-state index is 12.5. The highest BCUT2D eigenvalue weighted by molar-refractivity contribution is 7.89. The van der Waals surface area contributed by atoms with Crippen LogP contribution in [0, 0.1) is 0 Å². The molecular formula is C14H22N2O2S. The molecule has 1 heterocycles. The zero-order valence-corrected chi connectivity index (χ0v) is 12.5. The number of nitrogens with one attached hydrogen (secondary N) is 1. The Labute approximate surface area is 115 Å². The van der Waals surface area contributed by atoms with Gasteiger partial charge in [-0.05, 0) is 37.0 Å². The van der Waals surface area contributed by atoms with Crippen LogP contribution in [0.4, 0.5) is 5.69 Å². The Bertz CT molecular complexity index is 540. The van der Waals surface area contributed by atoms with Crippen LogP contribution in [0.5, 0.6) is 0 Å². The molecule has 19 heavy (non-hydrogen) atoms. The summed E-state index contributed by atoms with van der Waals surface area (Å²) >= 11 is 0. The Kier molecular flexibility index (Phi) is 4.47. The minimum Gasteiger partial charge on any atom is -0.385 e. The SMILES string of the molecule is CCCN(CC)S(=O)(=O)c1ccc2c(c1)NCCC2. The van der Waals surface area contributed by atoms with Gasteiger partial charge >= 0.3 is 0 Å². The van der Waals surface area contributed by atoms with E-state index in [9.17, 15) is 8.42 Å². The van der Waals surface area contributed by atoms with Crippen molar-refractivity contribution in [3.05, 3.63) is 23.8 Å². The van der Waals surface area contributed by atoms with E-state index in [1.165, 1.54) is 9.87 Å². The van der Waals surface area contributed by atoms with Gasteiger partial charge in [-0.3, -0.25) is 0 Å². The van der Waals surface area contributed by atoms with E-state index in [1.807, 2.05) is 19.9 Å². The fraction of sp³-hybridized carbons (Fsp3) is 0.571. The molecule has 0 atom stereocenters. The van der Waals surface area contributed by atoms with Crippen LogP contribution in [0.1, 0.15) is 32.3 Å². The number of anilines is 1. The van der Waals surface area contributed by atoms with Gasteiger partial charge in [-0.15, -0.1) is 0 Å². The number of sulfonamides is 1. The molecule has 0 aromatic heterocycles. The summed E-state index contributed by atoms with van der Waals surface area (Å²) in [5, 5.41) is 3.28. The third-order valence-electron chi connectivity index (χ3n) is 3.48. The van der Waals surface area contributed by atoms with Gasteiger partial charge in [-0.2, -0.15) is 4.31 Å². The molecule has 5 heteroatoms. The number of fused-ring (bicyclic) bond motifs is 1. The van der Waals surface area contributed by atoms with Crippen LogP contribution in [0.3, 0.4) is 0 Å². The zero-order chi connectivity index (χ0) is 13.9. The van der Waals surface area contributed by atoms with Gasteiger partial charge < -0.3 is 5.32 Å². The van der Waals surface area contributed by atoms with Crippen molar-refractivity contribution in [1.82, 2.24) is 4.31 Å². The predicted molar refractivity (Wildman–Crippen MR) is 78.0 cm³/mol. The first-order valence-corrected chi connectivity index (χ1v) is 8.40. The van der Waals surface area contributed by atoms with E-state index >= 15 is 0 Å². The monoisotopic (exact) mass is 282 g/mol. The maximum atomic E-state index is 12.5. The second-order valence-electron chi connectivity index (χ2n) is 4.85. The molecule has 1 aromatic rings. The topological polar surface area (TPSA) is 49.4 Å². The predicted octanol–water partition coefficient (Wildman–Crippen LogP) is 2.47. The highest BCUT2D eigenvalue weighted by atomic mass is 32.2. The second kappa shape index (κ2) is 5.92. The van der Waals surface area contributed by atoms with Crippen molar-refractivity contribution in [3.63, 3.8) is 0 Å². The van der Waals surface area contributed by atoms with Crippen molar-refractivity contribution in [2.75, 3.05) is 25.0 Å². The fourth-order valence-corrected chi connectivity index (χ4v) is 4.01. The van der Waals surface area contributed by atoms with Crippen LogP contribution in [0.2, 0.25) is 0 Å².